The van der Waals surface area contributed by atoms with E-state index >= 15 is 0 Å². The molecule has 1 heterocycles. The molecule has 0 aromatic rings. The highest BCUT2D eigenvalue weighted by Crippen LogP contribution is 2.40. The summed E-state index contributed by atoms with van der Waals surface area (Å²) in [7, 11) is 1.87. The van der Waals surface area contributed by atoms with Crippen LogP contribution in [0.25, 0.3) is 0 Å². The fraction of sp³-hybridized carbons (Fsp3) is 0.909. The average Bonchev–Trinajstić information content (AvgIpc) is 2.84. The molecule has 1 aliphatic heterocycles. The van der Waals surface area contributed by atoms with Crippen LogP contribution in [0.3, 0.4) is 0 Å². The van der Waals surface area contributed by atoms with E-state index in [0.717, 1.165) is 25.1 Å². The van der Waals surface area contributed by atoms with Gasteiger partial charge in [-0.25, -0.2) is 0 Å². The molecule has 1 atom stereocenters. The van der Waals surface area contributed by atoms with E-state index in [-0.39, 0.29) is 12.0 Å². The van der Waals surface area contributed by atoms with Gasteiger partial charge in [-0.15, -0.1) is 0 Å². The van der Waals surface area contributed by atoms with E-state index in [1.807, 2.05) is 4.90 Å². The van der Waals surface area contributed by atoms with Gasteiger partial charge in [-0.2, -0.15) is 11.8 Å². The van der Waals surface area contributed by atoms with Crippen molar-refractivity contribution in [3.8, 4) is 0 Å². The third-order valence-corrected chi connectivity index (χ3v) is 4.53. The molecule has 0 spiro atoms. The number of carbonyl (C=O) groups is 1. The SMILES string of the molecule is COP(OC)O[C@@H]1CCN(C(=O)CCCSC)C1. The third-order valence-electron chi connectivity index (χ3n) is 2.77. The Kier molecular flexibility index (Phi) is 8.18. The van der Waals surface area contributed by atoms with E-state index < -0.39 is 8.60 Å². The number of hydrogen-bond acceptors (Lipinski definition) is 5. The van der Waals surface area contributed by atoms with Crippen molar-refractivity contribution in [2.45, 2.75) is 25.4 Å². The first-order valence-corrected chi connectivity index (χ1v) is 8.52. The zero-order valence-corrected chi connectivity index (χ0v) is 13.0. The molecule has 106 valence electrons. The first-order valence-electron chi connectivity index (χ1n) is 6.03. The molecule has 0 N–H and O–H groups in total. The van der Waals surface area contributed by atoms with Crippen LogP contribution in [0.2, 0.25) is 0 Å². The predicted octanol–water partition coefficient (Wildman–Crippen LogP) is 2.27. The fourth-order valence-electron chi connectivity index (χ4n) is 1.85. The number of thioether (sulfide) groups is 1. The normalized spacial score (nSPS) is 19.8. The van der Waals surface area contributed by atoms with Gasteiger partial charge in [0.25, 0.3) is 0 Å². The molecule has 7 heteroatoms. The Labute approximate surface area is 115 Å². The second kappa shape index (κ2) is 9.10. The first-order chi connectivity index (χ1) is 8.71. The lowest BCUT2D eigenvalue weighted by Gasteiger charge is -2.18. The standard InChI is InChI=1S/C11H22NO4PS/c1-14-17(15-2)16-10-6-7-12(9-10)11(13)5-4-8-18-3/h10H,4-9H2,1-3H3/t10-/m1/s1. The van der Waals surface area contributed by atoms with Crippen LogP contribution in [-0.2, 0) is 18.4 Å². The highest BCUT2D eigenvalue weighted by molar-refractivity contribution is 7.98. The lowest BCUT2D eigenvalue weighted by Crippen LogP contribution is -2.29. The molecule has 0 aliphatic carbocycles. The summed E-state index contributed by atoms with van der Waals surface area (Å²) in [6, 6.07) is 0. The second-order valence-corrected chi connectivity index (χ2v) is 6.41. The second-order valence-electron chi connectivity index (χ2n) is 4.04. The van der Waals surface area contributed by atoms with E-state index in [2.05, 4.69) is 6.26 Å². The Morgan fingerprint density at radius 3 is 2.78 bits per heavy atom. The minimum atomic E-state index is -1.26. The van der Waals surface area contributed by atoms with Crippen molar-refractivity contribution in [2.75, 3.05) is 39.3 Å². The molecule has 18 heavy (non-hydrogen) atoms. The number of hydrogen-bond donors (Lipinski definition) is 0. The van der Waals surface area contributed by atoms with Crippen LogP contribution < -0.4 is 0 Å². The van der Waals surface area contributed by atoms with Crippen LogP contribution in [-0.4, -0.2) is 56.2 Å². The fourth-order valence-corrected chi connectivity index (χ4v) is 3.02. The van der Waals surface area contributed by atoms with Gasteiger partial charge in [-0.3, -0.25) is 4.79 Å². The largest absolute Gasteiger partial charge is 0.340 e. The summed E-state index contributed by atoms with van der Waals surface area (Å²) in [5, 5.41) is 0. The van der Waals surface area contributed by atoms with Crippen molar-refractivity contribution in [2.24, 2.45) is 0 Å². The van der Waals surface area contributed by atoms with Gasteiger partial charge in [-0.1, -0.05) is 0 Å². The Balaban J connectivity index is 2.25. The predicted molar refractivity (Wildman–Crippen MR) is 74.6 cm³/mol. The van der Waals surface area contributed by atoms with E-state index in [1.165, 1.54) is 0 Å². The minimum Gasteiger partial charge on any atom is -0.340 e. The molecular weight excluding hydrogens is 273 g/mol. The van der Waals surface area contributed by atoms with Crippen LogP contribution in [0.4, 0.5) is 0 Å². The first kappa shape index (κ1) is 16.2. The molecular formula is C11H22NO4PS. The number of rotatable bonds is 8. The molecule has 0 radical (unpaired) electrons. The van der Waals surface area contributed by atoms with Crippen LogP contribution in [0.5, 0.6) is 0 Å². The van der Waals surface area contributed by atoms with Gasteiger partial charge in [0.05, 0.1) is 6.10 Å². The van der Waals surface area contributed by atoms with Gasteiger partial charge < -0.3 is 18.5 Å². The van der Waals surface area contributed by atoms with Gasteiger partial charge in [0.15, 0.2) is 0 Å². The van der Waals surface area contributed by atoms with Gasteiger partial charge >= 0.3 is 8.60 Å². The van der Waals surface area contributed by atoms with Crippen LogP contribution in [0, 0.1) is 0 Å². The summed E-state index contributed by atoms with van der Waals surface area (Å²) in [5.41, 5.74) is 0. The summed E-state index contributed by atoms with van der Waals surface area (Å²) in [6.45, 7) is 1.43. The van der Waals surface area contributed by atoms with Crippen molar-refractivity contribution in [1.29, 1.82) is 0 Å². The molecule has 0 unspecified atom stereocenters. The Morgan fingerprint density at radius 1 is 1.44 bits per heavy atom. The number of nitrogens with zero attached hydrogens (tertiary/aromatic N) is 1. The lowest BCUT2D eigenvalue weighted by molar-refractivity contribution is -0.130. The number of amides is 1. The quantitative estimate of drug-likeness (QED) is 0.508. The van der Waals surface area contributed by atoms with Crippen LogP contribution in [0.1, 0.15) is 19.3 Å². The van der Waals surface area contributed by atoms with Crippen LogP contribution >= 0.6 is 20.4 Å². The molecule has 0 saturated carbocycles. The molecule has 1 rings (SSSR count). The molecule has 0 bridgehead atoms. The van der Waals surface area contributed by atoms with Crippen molar-refractivity contribution in [1.82, 2.24) is 4.90 Å². The van der Waals surface area contributed by atoms with Crippen molar-refractivity contribution >= 4 is 26.3 Å². The molecule has 1 saturated heterocycles. The monoisotopic (exact) mass is 295 g/mol. The number of likely N-dealkylation sites (tertiary alicyclic amines) is 1. The zero-order chi connectivity index (χ0) is 13.4. The van der Waals surface area contributed by atoms with Crippen molar-refractivity contribution < 1.29 is 18.4 Å². The smallest absolute Gasteiger partial charge is 0.332 e. The summed E-state index contributed by atoms with van der Waals surface area (Å²) >= 11 is 1.78. The Morgan fingerprint density at radius 2 is 2.17 bits per heavy atom. The maximum atomic E-state index is 11.9. The summed E-state index contributed by atoms with van der Waals surface area (Å²) in [5.74, 6) is 1.27. The maximum Gasteiger partial charge on any atom is 0.332 e. The maximum absolute atomic E-state index is 11.9. The van der Waals surface area contributed by atoms with Gasteiger partial charge in [0.1, 0.15) is 0 Å². The zero-order valence-electron chi connectivity index (χ0n) is 11.3. The summed E-state index contributed by atoms with van der Waals surface area (Å²) in [6.07, 6.45) is 4.55. The molecule has 5 nitrogen and oxygen atoms in total. The van der Waals surface area contributed by atoms with Gasteiger partial charge in [0.2, 0.25) is 5.91 Å². The highest BCUT2D eigenvalue weighted by Gasteiger charge is 2.29. The van der Waals surface area contributed by atoms with Gasteiger partial charge in [0, 0.05) is 33.7 Å². The Bertz CT molecular complexity index is 253. The Hall–Kier alpha value is 0.130. The van der Waals surface area contributed by atoms with Crippen molar-refractivity contribution in [3.05, 3.63) is 0 Å². The molecule has 1 amide bonds. The van der Waals surface area contributed by atoms with Crippen LogP contribution in [0.15, 0.2) is 0 Å². The molecule has 0 aromatic carbocycles. The average molecular weight is 295 g/mol. The van der Waals surface area contributed by atoms with Crippen molar-refractivity contribution in [3.63, 3.8) is 0 Å². The molecule has 1 fully saturated rings. The number of carbonyl (C=O) groups excluding carboxylic acids is 1. The summed E-state index contributed by atoms with van der Waals surface area (Å²) in [4.78, 5) is 13.8. The molecule has 0 aromatic heterocycles. The van der Waals surface area contributed by atoms with E-state index in [9.17, 15) is 4.79 Å². The molecule has 1 aliphatic rings. The van der Waals surface area contributed by atoms with E-state index in [0.29, 0.717) is 13.0 Å². The summed E-state index contributed by atoms with van der Waals surface area (Å²) < 4.78 is 15.7. The van der Waals surface area contributed by atoms with Gasteiger partial charge in [-0.05, 0) is 24.9 Å². The minimum absolute atomic E-state index is 0.0421. The third kappa shape index (κ3) is 5.41. The highest BCUT2D eigenvalue weighted by atomic mass is 32.2. The van der Waals surface area contributed by atoms with E-state index in [1.54, 1.807) is 26.0 Å². The van der Waals surface area contributed by atoms with E-state index in [4.69, 9.17) is 13.6 Å². The lowest BCUT2D eigenvalue weighted by atomic mass is 10.3. The topological polar surface area (TPSA) is 48.0 Å².